The smallest absolute Gasteiger partial charge is 0.257 e. The van der Waals surface area contributed by atoms with Crippen molar-refractivity contribution >= 4 is 34.4 Å². The number of carbonyl (C=O) groups excluding carboxylic acids is 1. The van der Waals surface area contributed by atoms with Crippen molar-refractivity contribution < 1.29 is 19.0 Å². The molecule has 2 aromatic heterocycles. The molecule has 3 fully saturated rings. The summed E-state index contributed by atoms with van der Waals surface area (Å²) in [5.74, 6) is 1.82. The molecule has 2 saturated heterocycles. The van der Waals surface area contributed by atoms with Crippen molar-refractivity contribution in [2.45, 2.75) is 31.3 Å². The highest BCUT2D eigenvalue weighted by molar-refractivity contribution is 5.99. The van der Waals surface area contributed by atoms with E-state index in [0.29, 0.717) is 89.5 Å². The van der Waals surface area contributed by atoms with Gasteiger partial charge in [-0.2, -0.15) is 15.2 Å². The summed E-state index contributed by atoms with van der Waals surface area (Å²) in [5.41, 5.74) is 2.16. The highest BCUT2D eigenvalue weighted by atomic mass is 16.6. The molecule has 5 heterocycles. The summed E-state index contributed by atoms with van der Waals surface area (Å²) in [6, 6.07) is 6.60. The lowest BCUT2D eigenvalue weighted by atomic mass is 9.93. The maximum atomic E-state index is 13.5. The monoisotopic (exact) mass is 530 g/mol. The van der Waals surface area contributed by atoms with E-state index in [1.54, 1.807) is 12.3 Å². The molecule has 0 radical (unpaired) electrons. The first-order valence-corrected chi connectivity index (χ1v) is 13.5. The fourth-order valence-corrected chi connectivity index (χ4v) is 5.45. The van der Waals surface area contributed by atoms with Gasteiger partial charge < -0.3 is 34.7 Å². The van der Waals surface area contributed by atoms with E-state index in [1.165, 1.54) is 6.42 Å². The summed E-state index contributed by atoms with van der Waals surface area (Å²) in [6.07, 6.45) is 4.96. The van der Waals surface area contributed by atoms with Gasteiger partial charge in [0.2, 0.25) is 5.95 Å². The van der Waals surface area contributed by atoms with Crippen LogP contribution in [0.15, 0.2) is 18.3 Å². The lowest BCUT2D eigenvalue weighted by Gasteiger charge is -2.42. The molecular weight excluding hydrogens is 500 g/mol. The maximum absolute atomic E-state index is 13.5. The van der Waals surface area contributed by atoms with E-state index in [1.807, 2.05) is 11.0 Å². The zero-order valence-electron chi connectivity index (χ0n) is 21.5. The van der Waals surface area contributed by atoms with Crippen molar-refractivity contribution in [3.8, 4) is 17.6 Å². The summed E-state index contributed by atoms with van der Waals surface area (Å²) in [4.78, 5) is 30.2. The number of carbonyl (C=O) groups is 1. The fourth-order valence-electron chi connectivity index (χ4n) is 5.45. The maximum Gasteiger partial charge on any atom is 0.257 e. The normalized spacial score (nSPS) is 19.7. The molecule has 3 N–H and O–H groups in total. The van der Waals surface area contributed by atoms with Crippen molar-refractivity contribution in [3.05, 3.63) is 29.5 Å². The number of nitriles is 1. The molecule has 7 rings (SSSR count). The van der Waals surface area contributed by atoms with E-state index in [0.717, 1.165) is 39.1 Å². The standard InChI is InChI=1S/C27H30N8O4/c28-12-16-13-29-24-21(16)25(30-17-2-1-3-17)33-27(32-24)31-20-5-4-19(22-23(20)39-11-10-38-22)26(36)35-8-6-34(7-9-35)18-14-37-15-18/h4-5,13,17-18H,1-3,6-11,14-15H2,(H3,29,30,31,32,33). The van der Waals surface area contributed by atoms with E-state index >= 15 is 0 Å². The van der Waals surface area contributed by atoms with E-state index in [4.69, 9.17) is 19.2 Å². The zero-order chi connectivity index (χ0) is 26.3. The molecule has 0 bridgehead atoms. The minimum absolute atomic E-state index is 0.0621. The van der Waals surface area contributed by atoms with Crippen molar-refractivity contribution in [2.75, 3.05) is 63.2 Å². The SMILES string of the molecule is N#Cc1c[nH]c2nc(Nc3ccc(C(=O)N4CCN(C5COC5)CC4)c4c3OCCO4)nc(NC3CCC3)c12. The van der Waals surface area contributed by atoms with Crippen LogP contribution in [0.1, 0.15) is 35.2 Å². The Morgan fingerprint density at radius 1 is 1.08 bits per heavy atom. The first-order valence-electron chi connectivity index (χ1n) is 13.5. The van der Waals surface area contributed by atoms with Crippen LogP contribution in [0.4, 0.5) is 17.5 Å². The Bertz CT molecular complexity index is 1450. The average molecular weight is 531 g/mol. The predicted octanol–water partition coefficient (Wildman–Crippen LogP) is 2.47. The Hall–Kier alpha value is -4.08. The second-order valence-corrected chi connectivity index (χ2v) is 10.4. The van der Waals surface area contributed by atoms with Gasteiger partial charge in [-0.3, -0.25) is 9.69 Å². The molecule has 12 heteroatoms. The van der Waals surface area contributed by atoms with Gasteiger partial charge >= 0.3 is 0 Å². The number of hydrogen-bond donors (Lipinski definition) is 3. The van der Waals surface area contributed by atoms with Crippen molar-refractivity contribution in [1.82, 2.24) is 24.8 Å². The van der Waals surface area contributed by atoms with Gasteiger partial charge in [0, 0.05) is 38.4 Å². The number of benzene rings is 1. The summed E-state index contributed by atoms with van der Waals surface area (Å²) < 4.78 is 17.3. The van der Waals surface area contributed by atoms with Crippen LogP contribution < -0.4 is 20.1 Å². The molecule has 1 aliphatic carbocycles. The minimum Gasteiger partial charge on any atom is -0.485 e. The lowest BCUT2D eigenvalue weighted by molar-refractivity contribution is -0.0746. The van der Waals surface area contributed by atoms with Gasteiger partial charge in [0.15, 0.2) is 11.5 Å². The number of amides is 1. The zero-order valence-corrected chi connectivity index (χ0v) is 21.5. The van der Waals surface area contributed by atoms with Crippen LogP contribution in [-0.4, -0.2) is 95.3 Å². The van der Waals surface area contributed by atoms with Gasteiger partial charge in [0.25, 0.3) is 5.91 Å². The third-order valence-corrected chi connectivity index (χ3v) is 8.00. The Morgan fingerprint density at radius 3 is 2.56 bits per heavy atom. The molecular formula is C27H30N8O4. The van der Waals surface area contributed by atoms with Crippen LogP contribution in [0.2, 0.25) is 0 Å². The van der Waals surface area contributed by atoms with Crippen LogP contribution >= 0.6 is 0 Å². The van der Waals surface area contributed by atoms with Crippen LogP contribution in [0.5, 0.6) is 11.5 Å². The second-order valence-electron chi connectivity index (χ2n) is 10.4. The molecule has 39 heavy (non-hydrogen) atoms. The number of anilines is 3. The predicted molar refractivity (Wildman–Crippen MR) is 143 cm³/mol. The van der Waals surface area contributed by atoms with Crippen LogP contribution in [0.25, 0.3) is 11.0 Å². The Kier molecular flexibility index (Phi) is 6.09. The number of hydrogen-bond acceptors (Lipinski definition) is 10. The van der Waals surface area contributed by atoms with Crippen LogP contribution in [0, 0.1) is 11.3 Å². The second kappa shape index (κ2) is 9.91. The van der Waals surface area contributed by atoms with E-state index in [2.05, 4.69) is 31.6 Å². The number of nitrogens with zero attached hydrogens (tertiary/aromatic N) is 5. The van der Waals surface area contributed by atoms with Crippen LogP contribution in [0.3, 0.4) is 0 Å². The number of ether oxygens (including phenoxy) is 3. The molecule has 3 aromatic rings. The molecule has 0 unspecified atom stereocenters. The number of rotatable bonds is 6. The Labute approximate surface area is 225 Å². The van der Waals surface area contributed by atoms with Gasteiger partial charge in [-0.25, -0.2) is 0 Å². The summed E-state index contributed by atoms with van der Waals surface area (Å²) in [7, 11) is 0. The number of aromatic amines is 1. The number of piperazine rings is 1. The largest absolute Gasteiger partial charge is 0.485 e. The number of fused-ring (bicyclic) bond motifs is 2. The highest BCUT2D eigenvalue weighted by Gasteiger charge is 2.33. The molecule has 3 aliphatic heterocycles. The highest BCUT2D eigenvalue weighted by Crippen LogP contribution is 2.42. The quantitative estimate of drug-likeness (QED) is 0.435. The lowest BCUT2D eigenvalue weighted by Crippen LogP contribution is -2.57. The van der Waals surface area contributed by atoms with Crippen molar-refractivity contribution in [2.24, 2.45) is 0 Å². The summed E-state index contributed by atoms with van der Waals surface area (Å²) >= 11 is 0. The number of nitrogens with one attached hydrogen (secondary N) is 3. The third kappa shape index (κ3) is 4.37. The van der Waals surface area contributed by atoms with E-state index in [-0.39, 0.29) is 5.91 Å². The van der Waals surface area contributed by atoms with Gasteiger partial charge in [0.1, 0.15) is 30.7 Å². The molecule has 1 aromatic carbocycles. The first kappa shape index (κ1) is 24.0. The molecule has 0 atom stereocenters. The minimum atomic E-state index is -0.0621. The number of H-pyrrole nitrogens is 1. The average Bonchev–Trinajstić information content (AvgIpc) is 3.33. The van der Waals surface area contributed by atoms with Gasteiger partial charge in [0.05, 0.1) is 41.5 Å². The Balaban J connectivity index is 1.16. The van der Waals surface area contributed by atoms with E-state index < -0.39 is 0 Å². The van der Waals surface area contributed by atoms with Crippen molar-refractivity contribution in [1.29, 1.82) is 5.26 Å². The molecule has 1 saturated carbocycles. The number of aromatic nitrogens is 3. The topological polar surface area (TPSA) is 141 Å². The van der Waals surface area contributed by atoms with E-state index in [9.17, 15) is 10.1 Å². The van der Waals surface area contributed by atoms with Crippen molar-refractivity contribution in [3.63, 3.8) is 0 Å². The molecule has 4 aliphatic rings. The summed E-state index contributed by atoms with van der Waals surface area (Å²) in [5, 5.41) is 17.0. The van der Waals surface area contributed by atoms with Gasteiger partial charge in [-0.1, -0.05) is 0 Å². The molecule has 12 nitrogen and oxygen atoms in total. The van der Waals surface area contributed by atoms with Gasteiger partial charge in [-0.05, 0) is 31.4 Å². The third-order valence-electron chi connectivity index (χ3n) is 8.00. The first-order chi connectivity index (χ1) is 19.2. The van der Waals surface area contributed by atoms with Gasteiger partial charge in [-0.15, -0.1) is 0 Å². The fraction of sp³-hybridized carbons (Fsp3) is 0.481. The molecule has 202 valence electrons. The molecule has 1 amide bonds. The van der Waals surface area contributed by atoms with Crippen LogP contribution in [-0.2, 0) is 4.74 Å². The summed E-state index contributed by atoms with van der Waals surface area (Å²) in [6.45, 7) is 5.29. The Morgan fingerprint density at radius 2 is 1.87 bits per heavy atom. The molecule has 0 spiro atoms.